The van der Waals surface area contributed by atoms with Gasteiger partial charge in [-0.05, 0) is 25.5 Å². The number of benzene rings is 1. The first-order valence-electron chi connectivity index (χ1n) is 6.22. The van der Waals surface area contributed by atoms with Gasteiger partial charge in [0.1, 0.15) is 5.75 Å². The van der Waals surface area contributed by atoms with E-state index in [-0.39, 0.29) is 11.9 Å². The number of nitrogen functional groups attached to an aromatic ring is 1. The molecule has 1 aromatic rings. The Kier molecular flexibility index (Phi) is 5.01. The van der Waals surface area contributed by atoms with Crippen LogP contribution in [0.4, 0.5) is 5.69 Å². The van der Waals surface area contributed by atoms with Crippen molar-refractivity contribution in [1.29, 1.82) is 0 Å². The average Bonchev–Trinajstić information content (AvgIpc) is 2.37. The summed E-state index contributed by atoms with van der Waals surface area (Å²) in [5.74, 6) is 0.477. The van der Waals surface area contributed by atoms with Gasteiger partial charge in [-0.1, -0.05) is 19.4 Å². The highest BCUT2D eigenvalue weighted by Crippen LogP contribution is 2.26. The molecule has 0 heterocycles. The van der Waals surface area contributed by atoms with Crippen LogP contribution in [0.1, 0.15) is 37.0 Å². The summed E-state index contributed by atoms with van der Waals surface area (Å²) in [7, 11) is 3.35. The Morgan fingerprint density at radius 3 is 2.72 bits per heavy atom. The molecule has 100 valence electrons. The van der Waals surface area contributed by atoms with Crippen LogP contribution in [0.2, 0.25) is 0 Å². The Hall–Kier alpha value is -1.71. The minimum atomic E-state index is -0.0626. The normalized spacial score (nSPS) is 12.0. The van der Waals surface area contributed by atoms with E-state index in [4.69, 9.17) is 10.5 Å². The van der Waals surface area contributed by atoms with Crippen LogP contribution in [-0.2, 0) is 0 Å². The molecule has 4 nitrogen and oxygen atoms in total. The maximum Gasteiger partial charge on any atom is 0.256 e. The Labute approximate surface area is 109 Å². The van der Waals surface area contributed by atoms with Gasteiger partial charge in [-0.15, -0.1) is 0 Å². The van der Waals surface area contributed by atoms with Gasteiger partial charge < -0.3 is 15.4 Å². The van der Waals surface area contributed by atoms with E-state index in [1.54, 1.807) is 30.2 Å². The van der Waals surface area contributed by atoms with Crippen LogP contribution >= 0.6 is 0 Å². The number of para-hydroxylation sites is 1. The van der Waals surface area contributed by atoms with E-state index in [9.17, 15) is 4.79 Å². The summed E-state index contributed by atoms with van der Waals surface area (Å²) in [6, 6.07) is 5.46. The second-order valence-corrected chi connectivity index (χ2v) is 4.48. The van der Waals surface area contributed by atoms with E-state index in [1.165, 1.54) is 0 Å². The van der Waals surface area contributed by atoms with Crippen molar-refractivity contribution in [2.75, 3.05) is 19.9 Å². The van der Waals surface area contributed by atoms with Crippen LogP contribution in [0.5, 0.6) is 5.75 Å². The predicted octanol–water partition coefficient (Wildman–Crippen LogP) is 2.54. The van der Waals surface area contributed by atoms with Gasteiger partial charge in [-0.3, -0.25) is 4.79 Å². The van der Waals surface area contributed by atoms with Crippen molar-refractivity contribution in [1.82, 2.24) is 4.90 Å². The summed E-state index contributed by atoms with van der Waals surface area (Å²) in [4.78, 5) is 14.1. The second-order valence-electron chi connectivity index (χ2n) is 4.48. The van der Waals surface area contributed by atoms with Crippen LogP contribution in [0.15, 0.2) is 18.2 Å². The minimum absolute atomic E-state index is 0.0626. The molecule has 0 fully saturated rings. The first-order valence-corrected chi connectivity index (χ1v) is 6.22. The Morgan fingerprint density at radius 1 is 1.50 bits per heavy atom. The first kappa shape index (κ1) is 14.4. The van der Waals surface area contributed by atoms with Gasteiger partial charge in [0.25, 0.3) is 5.91 Å². The smallest absolute Gasteiger partial charge is 0.256 e. The van der Waals surface area contributed by atoms with E-state index in [1.807, 2.05) is 14.0 Å². The predicted molar refractivity (Wildman–Crippen MR) is 73.9 cm³/mol. The third-order valence-electron chi connectivity index (χ3n) is 3.20. The van der Waals surface area contributed by atoms with Crippen molar-refractivity contribution in [3.8, 4) is 5.75 Å². The number of rotatable bonds is 5. The van der Waals surface area contributed by atoms with E-state index in [0.717, 1.165) is 12.8 Å². The van der Waals surface area contributed by atoms with E-state index < -0.39 is 0 Å². The molecule has 1 rings (SSSR count). The number of carbonyl (C=O) groups is 1. The number of anilines is 1. The molecule has 0 spiro atoms. The van der Waals surface area contributed by atoms with Crippen LogP contribution in [0.3, 0.4) is 0 Å². The standard InChI is InChI=1S/C14H22N2O2/c1-5-7-10(2)16(3)14(17)11-8-6-9-12(18-4)13(11)15/h6,8-10H,5,7,15H2,1-4H3. The minimum Gasteiger partial charge on any atom is -0.495 e. The first-order chi connectivity index (χ1) is 8.52. The van der Waals surface area contributed by atoms with Crippen molar-refractivity contribution >= 4 is 11.6 Å². The zero-order valence-electron chi connectivity index (χ0n) is 11.6. The Bertz CT molecular complexity index is 418. The number of ether oxygens (including phenoxy) is 1. The largest absolute Gasteiger partial charge is 0.495 e. The molecule has 0 aromatic heterocycles. The molecule has 4 heteroatoms. The maximum absolute atomic E-state index is 12.3. The monoisotopic (exact) mass is 250 g/mol. The van der Waals surface area contributed by atoms with E-state index in [0.29, 0.717) is 17.0 Å². The van der Waals surface area contributed by atoms with E-state index in [2.05, 4.69) is 6.92 Å². The summed E-state index contributed by atoms with van der Waals surface area (Å²) in [6.07, 6.45) is 2.03. The van der Waals surface area contributed by atoms with Gasteiger partial charge in [0, 0.05) is 13.1 Å². The van der Waals surface area contributed by atoms with Crippen LogP contribution in [0, 0.1) is 0 Å². The third-order valence-corrected chi connectivity index (χ3v) is 3.20. The highest BCUT2D eigenvalue weighted by Gasteiger charge is 2.20. The molecule has 0 aliphatic rings. The van der Waals surface area contributed by atoms with Gasteiger partial charge in [0.05, 0.1) is 18.4 Å². The third kappa shape index (κ3) is 2.94. The molecule has 0 aliphatic carbocycles. The molecule has 1 atom stereocenters. The van der Waals surface area contributed by atoms with Gasteiger partial charge in [0.15, 0.2) is 0 Å². The molecule has 1 aromatic carbocycles. The van der Waals surface area contributed by atoms with Gasteiger partial charge >= 0.3 is 0 Å². The molecule has 0 radical (unpaired) electrons. The molecule has 1 unspecified atom stereocenters. The average molecular weight is 250 g/mol. The van der Waals surface area contributed by atoms with E-state index >= 15 is 0 Å². The van der Waals surface area contributed by atoms with Crippen LogP contribution in [-0.4, -0.2) is 31.0 Å². The lowest BCUT2D eigenvalue weighted by molar-refractivity contribution is 0.0737. The molecule has 2 N–H and O–H groups in total. The summed E-state index contributed by atoms with van der Waals surface area (Å²) in [6.45, 7) is 4.15. The fourth-order valence-corrected chi connectivity index (χ4v) is 1.91. The fourth-order valence-electron chi connectivity index (χ4n) is 1.91. The van der Waals surface area contributed by atoms with Crippen LogP contribution in [0.25, 0.3) is 0 Å². The van der Waals surface area contributed by atoms with Crippen molar-refractivity contribution in [2.24, 2.45) is 0 Å². The molecule has 0 bridgehead atoms. The summed E-state index contributed by atoms with van der Waals surface area (Å²) < 4.78 is 5.13. The van der Waals surface area contributed by atoms with Gasteiger partial charge in [-0.25, -0.2) is 0 Å². The molecule has 0 saturated heterocycles. The van der Waals surface area contributed by atoms with Gasteiger partial charge in [-0.2, -0.15) is 0 Å². The molecule has 0 aliphatic heterocycles. The molecular formula is C14H22N2O2. The van der Waals surface area contributed by atoms with Crippen LogP contribution < -0.4 is 10.5 Å². The summed E-state index contributed by atoms with van der Waals surface area (Å²) in [5, 5.41) is 0. The number of nitrogens with two attached hydrogens (primary N) is 1. The van der Waals surface area contributed by atoms with Crippen molar-refractivity contribution in [2.45, 2.75) is 32.7 Å². The second kappa shape index (κ2) is 6.28. The molecule has 18 heavy (non-hydrogen) atoms. The lowest BCUT2D eigenvalue weighted by Gasteiger charge is -2.25. The maximum atomic E-state index is 12.3. The highest BCUT2D eigenvalue weighted by atomic mass is 16.5. The Morgan fingerprint density at radius 2 is 2.17 bits per heavy atom. The number of amides is 1. The zero-order chi connectivity index (χ0) is 13.7. The number of nitrogens with zero attached hydrogens (tertiary/aromatic N) is 1. The Balaban J connectivity index is 2.97. The molecule has 1 amide bonds. The fraction of sp³-hybridized carbons (Fsp3) is 0.500. The number of hydrogen-bond donors (Lipinski definition) is 1. The number of carbonyl (C=O) groups excluding carboxylic acids is 1. The highest BCUT2D eigenvalue weighted by molar-refractivity contribution is 6.00. The topological polar surface area (TPSA) is 55.6 Å². The van der Waals surface area contributed by atoms with Crippen molar-refractivity contribution in [3.63, 3.8) is 0 Å². The SMILES string of the molecule is CCCC(C)N(C)C(=O)c1cccc(OC)c1N. The number of hydrogen-bond acceptors (Lipinski definition) is 3. The lowest BCUT2D eigenvalue weighted by atomic mass is 10.1. The number of methoxy groups -OCH3 is 1. The quantitative estimate of drug-likeness (QED) is 0.817. The van der Waals surface area contributed by atoms with Gasteiger partial charge in [0.2, 0.25) is 0 Å². The molecular weight excluding hydrogens is 228 g/mol. The van der Waals surface area contributed by atoms with Crippen molar-refractivity contribution in [3.05, 3.63) is 23.8 Å². The zero-order valence-corrected chi connectivity index (χ0v) is 11.6. The summed E-state index contributed by atoms with van der Waals surface area (Å²) >= 11 is 0. The van der Waals surface area contributed by atoms with Crippen molar-refractivity contribution < 1.29 is 9.53 Å². The molecule has 0 saturated carbocycles. The summed E-state index contributed by atoms with van der Waals surface area (Å²) in [5.41, 5.74) is 6.84. The lowest BCUT2D eigenvalue weighted by Crippen LogP contribution is -2.35.